The molecule has 0 radical (unpaired) electrons. The molecule has 0 bridgehead atoms. The van der Waals surface area contributed by atoms with Crippen molar-refractivity contribution in [3.8, 4) is 0 Å². The molecule has 1 aromatic rings. The highest BCUT2D eigenvalue weighted by atomic mass is 32.1. The fraction of sp³-hybridized carbons (Fsp3) is 0.667. The van der Waals surface area contributed by atoms with Gasteiger partial charge in [0.1, 0.15) is 0 Å². The molecule has 0 amide bonds. The summed E-state index contributed by atoms with van der Waals surface area (Å²) in [7, 11) is 2.12. The zero-order valence-electron chi connectivity index (χ0n) is 11.1. The number of carboxylic acid groups (broad SMARTS) is 1. The summed E-state index contributed by atoms with van der Waals surface area (Å²) in [5, 5.41) is 14.1. The second kappa shape index (κ2) is 7.33. The average Bonchev–Trinajstić information content (AvgIpc) is 2.77. The first-order valence-electron chi connectivity index (χ1n) is 6.13. The summed E-state index contributed by atoms with van der Waals surface area (Å²) in [4.78, 5) is 16.9. The minimum atomic E-state index is -0.974. The Morgan fingerprint density at radius 2 is 2.28 bits per heavy atom. The molecule has 6 heteroatoms. The van der Waals surface area contributed by atoms with Crippen LogP contribution >= 0.6 is 11.3 Å². The van der Waals surface area contributed by atoms with Gasteiger partial charge in [-0.2, -0.15) is 0 Å². The van der Waals surface area contributed by atoms with Crippen LogP contribution in [0.2, 0.25) is 0 Å². The van der Waals surface area contributed by atoms with Gasteiger partial charge in [-0.05, 0) is 40.3 Å². The van der Waals surface area contributed by atoms with Crippen LogP contribution in [0, 0.1) is 0 Å². The third-order valence-electron chi connectivity index (χ3n) is 2.82. The molecule has 0 saturated carbocycles. The lowest BCUT2D eigenvalue weighted by Crippen LogP contribution is -2.27. The van der Waals surface area contributed by atoms with Gasteiger partial charge in [-0.3, -0.25) is 0 Å². The van der Waals surface area contributed by atoms with E-state index < -0.39 is 5.97 Å². The lowest BCUT2D eigenvalue weighted by molar-refractivity contribution is 0.0691. The van der Waals surface area contributed by atoms with Crippen molar-refractivity contribution in [2.75, 3.05) is 25.5 Å². The third kappa shape index (κ3) is 5.01. The fourth-order valence-electron chi connectivity index (χ4n) is 1.39. The van der Waals surface area contributed by atoms with Crippen LogP contribution in [0.5, 0.6) is 0 Å². The number of thiazole rings is 1. The molecular formula is C12H21N3O2S. The summed E-state index contributed by atoms with van der Waals surface area (Å²) < 4.78 is 0. The smallest absolute Gasteiger partial charge is 0.355 e. The van der Waals surface area contributed by atoms with E-state index in [1.54, 1.807) is 5.38 Å². The van der Waals surface area contributed by atoms with Gasteiger partial charge in [0.2, 0.25) is 0 Å². The van der Waals surface area contributed by atoms with Crippen LogP contribution in [0.4, 0.5) is 5.13 Å². The second-order valence-electron chi connectivity index (χ2n) is 4.55. The zero-order valence-corrected chi connectivity index (χ0v) is 12.0. The molecule has 1 rings (SSSR count). The number of nitrogens with zero attached hydrogens (tertiary/aromatic N) is 2. The molecule has 1 aromatic heterocycles. The van der Waals surface area contributed by atoms with Crippen LogP contribution in [0.1, 0.15) is 37.2 Å². The first-order chi connectivity index (χ1) is 8.50. The molecule has 0 fully saturated rings. The van der Waals surface area contributed by atoms with Gasteiger partial charge in [-0.15, -0.1) is 11.3 Å². The van der Waals surface area contributed by atoms with Crippen LogP contribution < -0.4 is 5.32 Å². The van der Waals surface area contributed by atoms with Crippen LogP contribution in [-0.4, -0.2) is 47.1 Å². The van der Waals surface area contributed by atoms with Gasteiger partial charge in [0, 0.05) is 18.0 Å². The van der Waals surface area contributed by atoms with Gasteiger partial charge in [0.25, 0.3) is 0 Å². The van der Waals surface area contributed by atoms with Crippen molar-refractivity contribution in [3.63, 3.8) is 0 Å². The Labute approximate surface area is 112 Å². The van der Waals surface area contributed by atoms with Crippen LogP contribution in [0.15, 0.2) is 5.38 Å². The summed E-state index contributed by atoms with van der Waals surface area (Å²) in [5.74, 6) is -0.974. The number of hydrogen-bond donors (Lipinski definition) is 2. The van der Waals surface area contributed by atoms with Crippen molar-refractivity contribution in [3.05, 3.63) is 11.1 Å². The van der Waals surface area contributed by atoms with Crippen LogP contribution in [0.25, 0.3) is 0 Å². The highest BCUT2D eigenvalue weighted by Gasteiger charge is 2.07. The summed E-state index contributed by atoms with van der Waals surface area (Å²) >= 11 is 1.33. The molecular weight excluding hydrogens is 250 g/mol. The topological polar surface area (TPSA) is 65.5 Å². The van der Waals surface area contributed by atoms with Gasteiger partial charge in [-0.25, -0.2) is 9.78 Å². The van der Waals surface area contributed by atoms with Crippen molar-refractivity contribution >= 4 is 22.4 Å². The Morgan fingerprint density at radius 3 is 2.83 bits per heavy atom. The van der Waals surface area contributed by atoms with Gasteiger partial charge in [0.15, 0.2) is 10.8 Å². The molecule has 2 N–H and O–H groups in total. The molecule has 1 heterocycles. The van der Waals surface area contributed by atoms with Crippen molar-refractivity contribution in [2.24, 2.45) is 0 Å². The lowest BCUT2D eigenvalue weighted by Gasteiger charge is -2.20. The van der Waals surface area contributed by atoms with Crippen molar-refractivity contribution in [2.45, 2.75) is 32.7 Å². The molecule has 0 aliphatic rings. The standard InChI is InChI=1S/C12H21N3O2S/c1-9(2)15(3)7-5-4-6-13-12-14-10(8-18-12)11(16)17/h8-9H,4-7H2,1-3H3,(H,13,14)(H,16,17). The zero-order chi connectivity index (χ0) is 13.5. The molecule has 0 aliphatic carbocycles. The van der Waals surface area contributed by atoms with Gasteiger partial charge in [0.05, 0.1) is 0 Å². The Morgan fingerprint density at radius 1 is 1.56 bits per heavy atom. The van der Waals surface area contributed by atoms with Crippen LogP contribution in [-0.2, 0) is 0 Å². The maximum atomic E-state index is 10.6. The summed E-state index contributed by atoms with van der Waals surface area (Å²) in [6.07, 6.45) is 2.18. The quantitative estimate of drug-likeness (QED) is 0.711. The number of anilines is 1. The number of aromatic carboxylic acids is 1. The first-order valence-corrected chi connectivity index (χ1v) is 7.01. The molecule has 0 saturated heterocycles. The molecule has 18 heavy (non-hydrogen) atoms. The first kappa shape index (κ1) is 14.9. The average molecular weight is 271 g/mol. The highest BCUT2D eigenvalue weighted by molar-refractivity contribution is 7.13. The maximum absolute atomic E-state index is 10.6. The number of carboxylic acids is 1. The van der Waals surface area contributed by atoms with Gasteiger partial charge >= 0.3 is 5.97 Å². The van der Waals surface area contributed by atoms with Crippen molar-refractivity contribution in [1.29, 1.82) is 0 Å². The summed E-state index contributed by atoms with van der Waals surface area (Å²) in [5.41, 5.74) is 0.113. The van der Waals surface area contributed by atoms with Crippen molar-refractivity contribution in [1.82, 2.24) is 9.88 Å². The number of rotatable bonds is 8. The Kier molecular flexibility index (Phi) is 6.07. The normalized spacial score (nSPS) is 11.2. The second-order valence-corrected chi connectivity index (χ2v) is 5.41. The maximum Gasteiger partial charge on any atom is 0.355 e. The van der Waals surface area contributed by atoms with E-state index in [0.717, 1.165) is 25.9 Å². The van der Waals surface area contributed by atoms with E-state index in [9.17, 15) is 4.79 Å². The minimum absolute atomic E-state index is 0.113. The van der Waals surface area contributed by atoms with Crippen molar-refractivity contribution < 1.29 is 9.90 Å². The van der Waals surface area contributed by atoms with Crippen LogP contribution in [0.3, 0.4) is 0 Å². The van der Waals surface area contributed by atoms with E-state index in [1.807, 2.05) is 0 Å². The Balaban J connectivity index is 2.16. The predicted octanol–water partition coefficient (Wildman–Crippen LogP) is 2.37. The Bertz CT molecular complexity index is 379. The number of nitrogens with one attached hydrogen (secondary N) is 1. The third-order valence-corrected chi connectivity index (χ3v) is 3.62. The van der Waals surface area contributed by atoms with Gasteiger partial charge < -0.3 is 15.3 Å². The molecule has 0 spiro atoms. The monoisotopic (exact) mass is 271 g/mol. The number of carbonyl (C=O) groups is 1. The molecule has 0 unspecified atom stereocenters. The van der Waals surface area contributed by atoms with E-state index >= 15 is 0 Å². The summed E-state index contributed by atoms with van der Waals surface area (Å²) in [6, 6.07) is 0.579. The summed E-state index contributed by atoms with van der Waals surface area (Å²) in [6.45, 7) is 6.28. The highest BCUT2D eigenvalue weighted by Crippen LogP contribution is 2.15. The van der Waals surface area contributed by atoms with E-state index in [1.165, 1.54) is 11.3 Å². The number of unbranched alkanes of at least 4 members (excludes halogenated alkanes) is 1. The molecule has 0 aromatic carbocycles. The van der Waals surface area contributed by atoms with E-state index in [0.29, 0.717) is 11.2 Å². The van der Waals surface area contributed by atoms with E-state index in [-0.39, 0.29) is 5.69 Å². The van der Waals surface area contributed by atoms with E-state index in [4.69, 9.17) is 5.11 Å². The SMILES string of the molecule is CC(C)N(C)CCCCNc1nc(C(=O)O)cs1. The lowest BCUT2D eigenvalue weighted by atomic mass is 10.2. The van der Waals surface area contributed by atoms with Gasteiger partial charge in [-0.1, -0.05) is 0 Å². The predicted molar refractivity (Wildman–Crippen MR) is 74.6 cm³/mol. The Hall–Kier alpha value is -1.14. The molecule has 102 valence electrons. The molecule has 0 aliphatic heterocycles. The molecule has 5 nitrogen and oxygen atoms in total. The van der Waals surface area contributed by atoms with E-state index in [2.05, 4.69) is 36.1 Å². The number of aromatic nitrogens is 1. The fourth-order valence-corrected chi connectivity index (χ4v) is 2.11. The molecule has 0 atom stereocenters. The minimum Gasteiger partial charge on any atom is -0.476 e. The number of hydrogen-bond acceptors (Lipinski definition) is 5. The largest absolute Gasteiger partial charge is 0.476 e.